The number of piperidine rings is 1. The lowest BCUT2D eigenvalue weighted by molar-refractivity contribution is -0.265. The summed E-state index contributed by atoms with van der Waals surface area (Å²) < 4.78 is 29.9. The Balaban J connectivity index is 0.00000587. The van der Waals surface area contributed by atoms with E-state index in [0.29, 0.717) is 69.8 Å². The minimum atomic E-state index is -2.42. The molecule has 4 aliphatic rings. The van der Waals surface area contributed by atoms with Gasteiger partial charge in [-0.2, -0.15) is 0 Å². The lowest BCUT2D eigenvalue weighted by Crippen LogP contribution is -2.61. The molecule has 0 spiro atoms. The zero-order chi connectivity index (χ0) is 49.8. The number of amides is 1. The van der Waals surface area contributed by atoms with Gasteiger partial charge in [-0.15, -0.1) is 0 Å². The Morgan fingerprint density at radius 3 is 2.27 bits per heavy atom. The van der Waals surface area contributed by atoms with Crippen LogP contribution >= 0.6 is 0 Å². The summed E-state index contributed by atoms with van der Waals surface area (Å²) in [5, 5.41) is 39.3. The van der Waals surface area contributed by atoms with Gasteiger partial charge in [-0.1, -0.05) is 64.2 Å². The van der Waals surface area contributed by atoms with E-state index in [1.165, 1.54) is 4.90 Å². The third kappa shape index (κ3) is 16.9. The Morgan fingerprint density at radius 1 is 0.851 bits per heavy atom. The number of hydrogen-bond acceptors (Lipinski definition) is 14. The van der Waals surface area contributed by atoms with Crippen LogP contribution in [-0.4, -0.2) is 144 Å². The molecule has 1 amide bonds. The van der Waals surface area contributed by atoms with Crippen molar-refractivity contribution in [3.05, 3.63) is 47.6 Å². The molecule has 67 heavy (non-hydrogen) atoms. The number of ketones is 3. The van der Waals surface area contributed by atoms with Crippen LogP contribution < -0.4 is 0 Å². The van der Waals surface area contributed by atoms with Gasteiger partial charge in [0.25, 0.3) is 11.7 Å². The van der Waals surface area contributed by atoms with E-state index in [9.17, 15) is 39.3 Å². The molecule has 0 aromatic heterocycles. The van der Waals surface area contributed by atoms with E-state index < -0.39 is 65.7 Å². The molecule has 0 radical (unpaired) electrons. The molecule has 3 fully saturated rings. The predicted octanol–water partition coefficient (Wildman–Crippen LogP) is 5.93. The maximum absolute atomic E-state index is 14.4. The molecular formula is C52H83NO14. The first-order valence-electron chi connectivity index (χ1n) is 24.5. The molecule has 3 heterocycles. The molecule has 0 aromatic carbocycles. The summed E-state index contributed by atoms with van der Waals surface area (Å²) in [6.45, 7) is 11.0. The summed E-state index contributed by atoms with van der Waals surface area (Å²) in [6, 6.07) is -1.13. The Hall–Kier alpha value is -3.41. The summed E-state index contributed by atoms with van der Waals surface area (Å²) in [7, 11) is 4.21. The Morgan fingerprint density at radius 2 is 1.58 bits per heavy atom. The molecule has 4 rings (SSSR count). The molecule has 1 saturated carbocycles. The van der Waals surface area contributed by atoms with Crippen molar-refractivity contribution in [3.63, 3.8) is 0 Å². The lowest BCUT2D eigenvalue weighted by atomic mass is 9.78. The van der Waals surface area contributed by atoms with E-state index in [1.807, 2.05) is 51.2 Å². The van der Waals surface area contributed by atoms with Gasteiger partial charge in [0.05, 0.1) is 43.7 Å². The average molecular weight is 946 g/mol. The molecular weight excluding hydrogens is 863 g/mol. The van der Waals surface area contributed by atoms with E-state index >= 15 is 0 Å². The van der Waals surface area contributed by atoms with Crippen LogP contribution in [0.2, 0.25) is 0 Å². The minimum Gasteiger partial charge on any atom is -0.460 e. The van der Waals surface area contributed by atoms with Crippen LogP contribution in [0.3, 0.4) is 0 Å². The monoisotopic (exact) mass is 946 g/mol. The van der Waals surface area contributed by atoms with Gasteiger partial charge in [-0.25, -0.2) is 4.79 Å². The minimum absolute atomic E-state index is 0.0708. The number of esters is 1. The smallest absolute Gasteiger partial charge is 0.329 e. The standard InChI is InChI=1S/C51H79NO13.CH4O/c1-32-16-12-10-9-11-13-17-33(2)45(61-7)29-39-21-19-37(6)51(60,65-39)48(57)49(58)52-23-15-14-18-40(52)50(59)64-46(31-43(56)35(4)26-34(3)42(55)30-41(32)54)36(5)27-38-20-22-44(63-25-24-53)47(28-38)62-8;1-2/h9-11,13,17,26,32,35-40,42,44-47,53,55,60H,12,14-16,18-25,27-31H2,1-8H3;2H,1H3/b10-9+,13-11+,33-17+,34-26+;/t32-,35-,36-,37-,38+,39+,40-,42+,44-,45+,46+,47-,51-;/m1./s1. The second kappa shape index (κ2) is 28.9. The highest BCUT2D eigenvalue weighted by Gasteiger charge is 2.53. The van der Waals surface area contributed by atoms with Crippen LogP contribution in [0.15, 0.2) is 47.6 Å². The lowest BCUT2D eigenvalue weighted by Gasteiger charge is -2.42. The second-order valence-corrected chi connectivity index (χ2v) is 19.2. The number of methoxy groups -OCH3 is 2. The van der Waals surface area contributed by atoms with Gasteiger partial charge in [0.1, 0.15) is 23.7 Å². The summed E-state index contributed by atoms with van der Waals surface area (Å²) in [6.07, 6.45) is 14.4. The highest BCUT2D eigenvalue weighted by atomic mass is 16.6. The Kier molecular flexibility index (Phi) is 25.0. The van der Waals surface area contributed by atoms with Crippen LogP contribution in [-0.2, 0) is 47.7 Å². The number of allylic oxidation sites excluding steroid dienone is 6. The third-order valence-corrected chi connectivity index (χ3v) is 14.3. The number of aliphatic hydroxyl groups is 4. The molecule has 4 N–H and O–H groups in total. The average Bonchev–Trinajstić information content (AvgIpc) is 3.32. The van der Waals surface area contributed by atoms with E-state index in [1.54, 1.807) is 41.1 Å². The number of aliphatic hydroxyl groups excluding tert-OH is 3. The van der Waals surface area contributed by atoms with Crippen LogP contribution in [0.4, 0.5) is 0 Å². The van der Waals surface area contributed by atoms with Crippen molar-refractivity contribution >= 4 is 29.2 Å². The molecule has 380 valence electrons. The number of carbonyl (C=O) groups is 5. The first kappa shape index (κ1) is 57.9. The SMILES string of the molecule is CO.CO[C@H]1C[C@@H]2CC[C@@H](C)[C@@](O)(O2)C(=O)C(=O)N2CCCC[C@@H]2C(=O)O[C@H]([C@H](C)C[C@@H]2CC[C@@H](OCCO)[C@H](OC)C2)CC(=O)[C@H](C)/C=C(\C)[C@@H](O)CC(=O)[C@H](C)CC/C=C/C=C/C=C/1C. The van der Waals surface area contributed by atoms with Gasteiger partial charge in [0.15, 0.2) is 0 Å². The maximum Gasteiger partial charge on any atom is 0.329 e. The fourth-order valence-corrected chi connectivity index (χ4v) is 9.82. The molecule has 0 aromatic rings. The van der Waals surface area contributed by atoms with E-state index in [-0.39, 0.29) is 80.5 Å². The summed E-state index contributed by atoms with van der Waals surface area (Å²) in [4.78, 5) is 71.2. The van der Waals surface area contributed by atoms with E-state index in [0.717, 1.165) is 19.1 Å². The van der Waals surface area contributed by atoms with Crippen molar-refractivity contribution in [2.45, 2.75) is 180 Å². The fraction of sp³-hybridized carbons (Fsp3) is 0.750. The van der Waals surface area contributed by atoms with Crippen molar-refractivity contribution < 1.29 is 68.1 Å². The second-order valence-electron chi connectivity index (χ2n) is 19.2. The van der Waals surface area contributed by atoms with Crippen molar-refractivity contribution in [2.75, 3.05) is 41.1 Å². The first-order chi connectivity index (χ1) is 31.9. The van der Waals surface area contributed by atoms with Crippen molar-refractivity contribution in [2.24, 2.45) is 29.6 Å². The van der Waals surface area contributed by atoms with Crippen molar-refractivity contribution in [1.82, 2.24) is 4.90 Å². The highest BCUT2D eigenvalue weighted by molar-refractivity contribution is 6.39. The van der Waals surface area contributed by atoms with Crippen LogP contribution in [0.1, 0.15) is 131 Å². The summed E-state index contributed by atoms with van der Waals surface area (Å²) in [5.41, 5.74) is 1.39. The van der Waals surface area contributed by atoms with Gasteiger partial charge in [0.2, 0.25) is 5.79 Å². The zero-order valence-electron chi connectivity index (χ0n) is 41.7. The maximum atomic E-state index is 14.4. The van der Waals surface area contributed by atoms with Crippen molar-refractivity contribution in [3.8, 4) is 0 Å². The molecule has 13 atom stereocenters. The van der Waals surface area contributed by atoms with Crippen LogP contribution in [0.25, 0.3) is 0 Å². The topological polar surface area (TPSA) is 216 Å². The van der Waals surface area contributed by atoms with Gasteiger partial charge in [-0.05, 0) is 107 Å². The molecule has 0 unspecified atom stereocenters. The third-order valence-electron chi connectivity index (χ3n) is 14.3. The number of Topliss-reactive ketones (excluding diaryl/α,β-unsaturated/α-hetero) is 3. The molecule has 2 bridgehead atoms. The van der Waals surface area contributed by atoms with Crippen molar-refractivity contribution in [1.29, 1.82) is 0 Å². The van der Waals surface area contributed by atoms with Gasteiger partial charge < -0.3 is 49.0 Å². The van der Waals surface area contributed by atoms with E-state index in [2.05, 4.69) is 0 Å². The van der Waals surface area contributed by atoms with Crippen LogP contribution in [0.5, 0.6) is 0 Å². The summed E-state index contributed by atoms with van der Waals surface area (Å²) >= 11 is 0. The highest BCUT2D eigenvalue weighted by Crippen LogP contribution is 2.38. The molecule has 1 aliphatic carbocycles. The Labute approximate surface area is 399 Å². The molecule has 2 saturated heterocycles. The number of rotatable bonds is 8. The van der Waals surface area contributed by atoms with Gasteiger partial charge in [-0.3, -0.25) is 19.2 Å². The molecule has 3 aliphatic heterocycles. The number of cyclic esters (lactones) is 1. The quantitative estimate of drug-likeness (QED) is 0.126. The van der Waals surface area contributed by atoms with Gasteiger partial charge >= 0.3 is 5.97 Å². The first-order valence-corrected chi connectivity index (χ1v) is 24.5. The zero-order valence-corrected chi connectivity index (χ0v) is 41.7. The Bertz CT molecular complexity index is 1720. The predicted molar refractivity (Wildman–Crippen MR) is 253 cm³/mol. The number of nitrogens with zero attached hydrogens (tertiary/aromatic N) is 1. The van der Waals surface area contributed by atoms with Gasteiger partial charge in [0, 0.05) is 64.9 Å². The molecule has 15 heteroatoms. The van der Waals surface area contributed by atoms with Crippen LogP contribution in [0, 0.1) is 29.6 Å². The number of fused-ring (bicyclic) bond motifs is 3. The number of hydrogen-bond donors (Lipinski definition) is 4. The number of carbonyl (C=O) groups excluding carboxylic acids is 5. The largest absolute Gasteiger partial charge is 0.460 e. The number of ether oxygens (including phenoxy) is 5. The normalized spacial score (nSPS) is 37.1. The summed E-state index contributed by atoms with van der Waals surface area (Å²) in [5.74, 6) is -7.41. The van der Waals surface area contributed by atoms with E-state index in [4.69, 9.17) is 28.8 Å². The molecule has 15 nitrogen and oxygen atoms in total. The fourth-order valence-electron chi connectivity index (χ4n) is 9.82.